The fourth-order valence-corrected chi connectivity index (χ4v) is 1.27. The van der Waals surface area contributed by atoms with Gasteiger partial charge in [-0.15, -0.1) is 0 Å². The third-order valence-corrected chi connectivity index (χ3v) is 2.39. The van der Waals surface area contributed by atoms with Crippen LogP contribution < -0.4 is 0 Å². The molecule has 0 bridgehead atoms. The summed E-state index contributed by atoms with van der Waals surface area (Å²) in [5.41, 5.74) is 2.51. The second-order valence-electron chi connectivity index (χ2n) is 3.55. The van der Waals surface area contributed by atoms with Crippen molar-refractivity contribution in [3.8, 4) is 0 Å². The Hall–Kier alpha value is -1.31. The Morgan fingerprint density at radius 1 is 1.21 bits per heavy atom. The molecule has 0 aliphatic heterocycles. The lowest BCUT2D eigenvalue weighted by Gasteiger charge is -2.14. The summed E-state index contributed by atoms with van der Waals surface area (Å²) in [6.07, 6.45) is 1.06. The molecule has 76 valence electrons. The molecule has 0 saturated carbocycles. The van der Waals surface area contributed by atoms with Gasteiger partial charge in [-0.3, -0.25) is 4.79 Å². The van der Waals surface area contributed by atoms with Gasteiger partial charge in [0.05, 0.1) is 0 Å². The molecule has 14 heavy (non-hydrogen) atoms. The number of hydrogen-bond donors (Lipinski definition) is 0. The van der Waals surface area contributed by atoms with Crippen LogP contribution in [0.3, 0.4) is 0 Å². The van der Waals surface area contributed by atoms with Crippen LogP contribution in [0.25, 0.3) is 0 Å². The van der Waals surface area contributed by atoms with E-state index < -0.39 is 0 Å². The summed E-state index contributed by atoms with van der Waals surface area (Å²) in [4.78, 5) is 12.7. The zero-order chi connectivity index (χ0) is 10.6. The van der Waals surface area contributed by atoms with Crippen LogP contribution in [0.2, 0.25) is 0 Å². The Morgan fingerprint density at radius 3 is 2.14 bits per heavy atom. The number of benzene rings is 1. The third kappa shape index (κ3) is 2.87. The second-order valence-corrected chi connectivity index (χ2v) is 3.55. The lowest BCUT2D eigenvalue weighted by Crippen LogP contribution is -2.22. The largest absolute Gasteiger partial charge is 0.342 e. The molecule has 0 heterocycles. The van der Waals surface area contributed by atoms with Crippen molar-refractivity contribution in [2.75, 3.05) is 7.05 Å². The average Bonchev–Trinajstić information content (AvgIpc) is 2.19. The lowest BCUT2D eigenvalue weighted by molar-refractivity contribution is -0.128. The van der Waals surface area contributed by atoms with Gasteiger partial charge in [-0.1, -0.05) is 31.2 Å². The van der Waals surface area contributed by atoms with E-state index in [0.29, 0.717) is 6.54 Å². The van der Waals surface area contributed by atoms with Crippen molar-refractivity contribution in [2.45, 2.75) is 26.8 Å². The molecule has 0 N–H and O–H groups in total. The molecule has 0 fully saturated rings. The monoisotopic (exact) mass is 191 g/mol. The number of carbonyl (C=O) groups excluding carboxylic acids is 1. The zero-order valence-corrected chi connectivity index (χ0v) is 9.08. The van der Waals surface area contributed by atoms with Gasteiger partial charge < -0.3 is 4.90 Å². The molecular formula is C12H17NO. The van der Waals surface area contributed by atoms with E-state index in [1.54, 1.807) is 11.8 Å². The van der Waals surface area contributed by atoms with E-state index in [9.17, 15) is 4.79 Å². The Labute approximate surface area is 85.5 Å². The van der Waals surface area contributed by atoms with E-state index in [4.69, 9.17) is 0 Å². The van der Waals surface area contributed by atoms with Crippen LogP contribution in [0.4, 0.5) is 0 Å². The van der Waals surface area contributed by atoms with E-state index >= 15 is 0 Å². The summed E-state index contributed by atoms with van der Waals surface area (Å²) in [7, 11) is 1.82. The number of hydrogen-bond acceptors (Lipinski definition) is 1. The summed E-state index contributed by atoms with van der Waals surface area (Å²) in [6, 6.07) is 8.39. The average molecular weight is 191 g/mol. The first kappa shape index (κ1) is 10.8. The molecule has 0 aliphatic rings. The van der Waals surface area contributed by atoms with Crippen LogP contribution in [0.15, 0.2) is 24.3 Å². The molecule has 1 rings (SSSR count). The number of nitrogens with zero attached hydrogens (tertiary/aromatic N) is 1. The number of rotatable bonds is 3. The smallest absolute Gasteiger partial charge is 0.219 e. The molecule has 1 aromatic carbocycles. The number of carbonyl (C=O) groups is 1. The first-order chi connectivity index (χ1) is 6.63. The summed E-state index contributed by atoms with van der Waals surface area (Å²) in [6.45, 7) is 4.41. The molecule has 0 atom stereocenters. The molecular weight excluding hydrogens is 174 g/mol. The van der Waals surface area contributed by atoms with Gasteiger partial charge in [-0.25, -0.2) is 0 Å². The van der Waals surface area contributed by atoms with Gasteiger partial charge in [-0.2, -0.15) is 0 Å². The first-order valence-corrected chi connectivity index (χ1v) is 4.93. The predicted octanol–water partition coefficient (Wildman–Crippen LogP) is 2.23. The standard InChI is InChI=1S/C12H17NO/c1-4-11-5-7-12(8-6-11)9-13(3)10(2)14/h5-8H,4,9H2,1-3H3. The number of aryl methyl sites for hydroxylation is 1. The SMILES string of the molecule is CCc1ccc(CN(C)C(C)=O)cc1. The quantitative estimate of drug-likeness (QED) is 0.717. The molecule has 0 aliphatic carbocycles. The van der Waals surface area contributed by atoms with Crippen molar-refractivity contribution in [1.29, 1.82) is 0 Å². The highest BCUT2D eigenvalue weighted by molar-refractivity contribution is 5.72. The minimum atomic E-state index is 0.101. The highest BCUT2D eigenvalue weighted by atomic mass is 16.2. The second kappa shape index (κ2) is 4.80. The van der Waals surface area contributed by atoms with E-state index in [0.717, 1.165) is 6.42 Å². The maximum Gasteiger partial charge on any atom is 0.219 e. The molecule has 1 aromatic rings. The van der Waals surface area contributed by atoms with Crippen LogP contribution >= 0.6 is 0 Å². The van der Waals surface area contributed by atoms with Crippen LogP contribution in [-0.4, -0.2) is 17.9 Å². The highest BCUT2D eigenvalue weighted by Gasteiger charge is 2.02. The van der Waals surface area contributed by atoms with Crippen LogP contribution in [0.5, 0.6) is 0 Å². The van der Waals surface area contributed by atoms with Crippen molar-refractivity contribution in [3.63, 3.8) is 0 Å². The summed E-state index contributed by atoms with van der Waals surface area (Å²) >= 11 is 0. The van der Waals surface area contributed by atoms with Gasteiger partial charge in [0.15, 0.2) is 0 Å². The van der Waals surface area contributed by atoms with Crippen LogP contribution in [0, 0.1) is 0 Å². The normalized spacial score (nSPS) is 9.93. The van der Waals surface area contributed by atoms with Crippen molar-refractivity contribution >= 4 is 5.91 Å². The Balaban J connectivity index is 2.64. The van der Waals surface area contributed by atoms with Crippen molar-refractivity contribution in [3.05, 3.63) is 35.4 Å². The van der Waals surface area contributed by atoms with Gasteiger partial charge in [0.2, 0.25) is 5.91 Å². The molecule has 1 amide bonds. The van der Waals surface area contributed by atoms with E-state index in [-0.39, 0.29) is 5.91 Å². The fraction of sp³-hybridized carbons (Fsp3) is 0.417. The molecule has 0 aromatic heterocycles. The lowest BCUT2D eigenvalue weighted by atomic mass is 10.1. The fourth-order valence-electron chi connectivity index (χ4n) is 1.27. The van der Waals surface area contributed by atoms with E-state index in [2.05, 4.69) is 31.2 Å². The summed E-state index contributed by atoms with van der Waals surface area (Å²) < 4.78 is 0. The summed E-state index contributed by atoms with van der Waals surface area (Å²) in [5.74, 6) is 0.101. The van der Waals surface area contributed by atoms with Crippen molar-refractivity contribution < 1.29 is 4.79 Å². The Kier molecular flexibility index (Phi) is 3.69. The highest BCUT2D eigenvalue weighted by Crippen LogP contribution is 2.07. The molecule has 0 radical (unpaired) electrons. The first-order valence-electron chi connectivity index (χ1n) is 4.93. The summed E-state index contributed by atoms with van der Waals surface area (Å²) in [5, 5.41) is 0. The molecule has 0 unspecified atom stereocenters. The van der Waals surface area contributed by atoms with Crippen molar-refractivity contribution in [2.24, 2.45) is 0 Å². The van der Waals surface area contributed by atoms with E-state index in [1.807, 2.05) is 7.05 Å². The molecule has 2 heteroatoms. The predicted molar refractivity (Wildman–Crippen MR) is 58.0 cm³/mol. The van der Waals surface area contributed by atoms with Crippen molar-refractivity contribution in [1.82, 2.24) is 4.90 Å². The molecule has 2 nitrogen and oxygen atoms in total. The molecule has 0 saturated heterocycles. The van der Waals surface area contributed by atoms with Gasteiger partial charge >= 0.3 is 0 Å². The third-order valence-electron chi connectivity index (χ3n) is 2.39. The maximum atomic E-state index is 11.0. The zero-order valence-electron chi connectivity index (χ0n) is 9.08. The Bertz CT molecular complexity index is 303. The minimum absolute atomic E-state index is 0.101. The Morgan fingerprint density at radius 2 is 1.71 bits per heavy atom. The topological polar surface area (TPSA) is 20.3 Å². The van der Waals surface area contributed by atoms with Gasteiger partial charge in [0.1, 0.15) is 0 Å². The van der Waals surface area contributed by atoms with Gasteiger partial charge in [-0.05, 0) is 17.5 Å². The van der Waals surface area contributed by atoms with Gasteiger partial charge in [0.25, 0.3) is 0 Å². The molecule has 0 spiro atoms. The maximum absolute atomic E-state index is 11.0. The van der Waals surface area contributed by atoms with E-state index in [1.165, 1.54) is 11.1 Å². The van der Waals surface area contributed by atoms with Crippen LogP contribution in [-0.2, 0) is 17.8 Å². The minimum Gasteiger partial charge on any atom is -0.342 e. The van der Waals surface area contributed by atoms with Crippen LogP contribution in [0.1, 0.15) is 25.0 Å². The number of amides is 1. The van der Waals surface area contributed by atoms with Gasteiger partial charge in [0, 0.05) is 20.5 Å².